The Morgan fingerprint density at radius 1 is 0.969 bits per heavy atom. The molecule has 0 bridgehead atoms. The first-order chi connectivity index (χ1) is 15.4. The number of esters is 1. The van der Waals surface area contributed by atoms with Gasteiger partial charge in [-0.3, -0.25) is 9.59 Å². The maximum atomic E-state index is 13.6. The van der Waals surface area contributed by atoms with Crippen molar-refractivity contribution in [3.8, 4) is 23.0 Å². The minimum Gasteiger partial charge on any atom is -0.504 e. The Bertz CT molecular complexity index is 1010. The molecule has 170 valence electrons. The van der Waals surface area contributed by atoms with Crippen LogP contribution in [0, 0.1) is 0 Å². The first-order valence-corrected chi connectivity index (χ1v) is 10.1. The van der Waals surface area contributed by atoms with Gasteiger partial charge >= 0.3 is 5.97 Å². The van der Waals surface area contributed by atoms with E-state index in [2.05, 4.69) is 13.2 Å². The molecule has 0 aliphatic rings. The average molecular weight is 440 g/mol. The van der Waals surface area contributed by atoms with Crippen LogP contribution in [0.1, 0.15) is 34.0 Å². The van der Waals surface area contributed by atoms with Gasteiger partial charge in [0.25, 0.3) is 0 Å². The van der Waals surface area contributed by atoms with Crippen molar-refractivity contribution in [3.05, 3.63) is 71.8 Å². The Kier molecular flexibility index (Phi) is 8.89. The van der Waals surface area contributed by atoms with Crippen LogP contribution in [-0.2, 0) is 22.4 Å². The van der Waals surface area contributed by atoms with Gasteiger partial charge in [-0.25, -0.2) is 0 Å². The van der Waals surface area contributed by atoms with Crippen LogP contribution >= 0.6 is 0 Å². The fourth-order valence-electron chi connectivity index (χ4n) is 3.29. The van der Waals surface area contributed by atoms with Crippen molar-refractivity contribution in [3.63, 3.8) is 0 Å². The van der Waals surface area contributed by atoms with Crippen molar-refractivity contribution in [1.29, 1.82) is 0 Å². The van der Waals surface area contributed by atoms with Gasteiger partial charge in [0.15, 0.2) is 17.3 Å². The normalized spacial score (nSPS) is 10.2. The van der Waals surface area contributed by atoms with Crippen LogP contribution in [0.3, 0.4) is 0 Å². The van der Waals surface area contributed by atoms with Crippen molar-refractivity contribution in [2.75, 3.05) is 27.4 Å². The van der Waals surface area contributed by atoms with Gasteiger partial charge in [-0.1, -0.05) is 32.2 Å². The number of aromatic hydroxyl groups is 1. The minimum atomic E-state index is -0.512. The molecule has 32 heavy (non-hydrogen) atoms. The van der Waals surface area contributed by atoms with E-state index in [0.29, 0.717) is 23.3 Å². The van der Waals surface area contributed by atoms with Crippen molar-refractivity contribution >= 4 is 11.8 Å². The summed E-state index contributed by atoms with van der Waals surface area (Å²) in [5.41, 5.74) is 1.54. The lowest BCUT2D eigenvalue weighted by Crippen LogP contribution is -2.16. The molecule has 0 heterocycles. The Hall–Kier alpha value is -3.74. The van der Waals surface area contributed by atoms with Gasteiger partial charge in [-0.05, 0) is 35.7 Å². The topological polar surface area (TPSA) is 91.3 Å². The number of benzene rings is 2. The SMILES string of the molecule is C=CCOc1cc(OCC=C)c(C(=O)c2ccc(OC)c(O)c2)c(CC(=O)OC)c1CC. The largest absolute Gasteiger partial charge is 0.504 e. The molecule has 0 saturated carbocycles. The average Bonchev–Trinajstić information content (AvgIpc) is 2.80. The van der Waals surface area contributed by atoms with Gasteiger partial charge in [-0.15, -0.1) is 0 Å². The third-order valence-electron chi connectivity index (χ3n) is 4.76. The highest BCUT2D eigenvalue weighted by Gasteiger charge is 2.27. The number of hydrogen-bond donors (Lipinski definition) is 1. The van der Waals surface area contributed by atoms with Gasteiger partial charge in [0.1, 0.15) is 24.7 Å². The number of ether oxygens (including phenoxy) is 4. The highest BCUT2D eigenvalue weighted by atomic mass is 16.5. The van der Waals surface area contributed by atoms with E-state index in [9.17, 15) is 14.7 Å². The Morgan fingerprint density at radius 3 is 2.16 bits per heavy atom. The van der Waals surface area contributed by atoms with E-state index in [1.165, 1.54) is 32.4 Å². The van der Waals surface area contributed by atoms with Gasteiger partial charge in [-0.2, -0.15) is 0 Å². The molecule has 7 heteroatoms. The smallest absolute Gasteiger partial charge is 0.310 e. The second kappa shape index (κ2) is 11.6. The monoisotopic (exact) mass is 440 g/mol. The standard InChI is InChI=1S/C25H28O7/c1-6-11-31-21-15-22(32-12-7-2)24(18(17(21)8-3)14-23(27)30-5)25(28)16-9-10-20(29-4)19(26)13-16/h6-7,9-10,13,15,26H,1-2,8,11-12,14H2,3-5H3. The van der Waals surface area contributed by atoms with Crippen LogP contribution in [0.5, 0.6) is 23.0 Å². The van der Waals surface area contributed by atoms with E-state index in [0.717, 1.165) is 0 Å². The fourth-order valence-corrected chi connectivity index (χ4v) is 3.29. The van der Waals surface area contributed by atoms with E-state index < -0.39 is 11.8 Å². The number of methoxy groups -OCH3 is 2. The van der Waals surface area contributed by atoms with Gasteiger partial charge in [0, 0.05) is 11.6 Å². The maximum Gasteiger partial charge on any atom is 0.310 e. The van der Waals surface area contributed by atoms with Gasteiger partial charge in [0.2, 0.25) is 0 Å². The summed E-state index contributed by atoms with van der Waals surface area (Å²) in [5.74, 6) is -0.155. The van der Waals surface area contributed by atoms with E-state index >= 15 is 0 Å². The summed E-state index contributed by atoms with van der Waals surface area (Å²) in [6.07, 6.45) is 3.49. The molecule has 0 aliphatic carbocycles. The molecular weight excluding hydrogens is 412 g/mol. The first kappa shape index (κ1) is 24.5. The van der Waals surface area contributed by atoms with Crippen molar-refractivity contribution in [2.45, 2.75) is 19.8 Å². The number of carbonyl (C=O) groups is 2. The summed E-state index contributed by atoms with van der Waals surface area (Å²) >= 11 is 0. The lowest BCUT2D eigenvalue weighted by molar-refractivity contribution is -0.139. The number of ketones is 1. The summed E-state index contributed by atoms with van der Waals surface area (Å²) in [4.78, 5) is 25.8. The van der Waals surface area contributed by atoms with Crippen molar-refractivity contribution in [2.24, 2.45) is 0 Å². The highest BCUT2D eigenvalue weighted by Crippen LogP contribution is 2.37. The van der Waals surface area contributed by atoms with E-state index in [-0.39, 0.29) is 48.0 Å². The molecule has 0 amide bonds. The predicted molar refractivity (Wildman–Crippen MR) is 121 cm³/mol. The van der Waals surface area contributed by atoms with Crippen LogP contribution in [0.2, 0.25) is 0 Å². The zero-order chi connectivity index (χ0) is 23.7. The summed E-state index contributed by atoms with van der Waals surface area (Å²) in [6, 6.07) is 5.97. The molecule has 0 spiro atoms. The molecule has 0 radical (unpaired) electrons. The second-order valence-electron chi connectivity index (χ2n) is 6.73. The van der Waals surface area contributed by atoms with E-state index in [4.69, 9.17) is 18.9 Å². The molecule has 2 aromatic carbocycles. The first-order valence-electron chi connectivity index (χ1n) is 10.1. The molecule has 0 aromatic heterocycles. The molecule has 2 rings (SSSR count). The van der Waals surface area contributed by atoms with Gasteiger partial charge < -0.3 is 24.1 Å². The number of phenolic OH excluding ortho intramolecular Hbond substituents is 1. The molecule has 0 fully saturated rings. The fraction of sp³-hybridized carbons (Fsp3) is 0.280. The summed E-state index contributed by atoms with van der Waals surface area (Å²) in [6.45, 7) is 9.59. The number of phenols is 1. The highest BCUT2D eigenvalue weighted by molar-refractivity contribution is 6.12. The maximum absolute atomic E-state index is 13.6. The summed E-state index contributed by atoms with van der Waals surface area (Å²) < 4.78 is 21.5. The Labute approximate surface area is 187 Å². The zero-order valence-electron chi connectivity index (χ0n) is 18.6. The predicted octanol–water partition coefficient (Wildman–Crippen LogP) is 4.04. The number of hydrogen-bond acceptors (Lipinski definition) is 7. The number of rotatable bonds is 12. The third kappa shape index (κ3) is 5.49. The molecule has 0 saturated heterocycles. The van der Waals surface area contributed by atoms with E-state index in [1.54, 1.807) is 18.2 Å². The quantitative estimate of drug-likeness (QED) is 0.303. The lowest BCUT2D eigenvalue weighted by atomic mass is 9.90. The molecule has 0 unspecified atom stereocenters. The van der Waals surface area contributed by atoms with Crippen molar-refractivity contribution < 1.29 is 33.6 Å². The van der Waals surface area contributed by atoms with Crippen LogP contribution in [0.4, 0.5) is 0 Å². The summed E-state index contributed by atoms with van der Waals surface area (Å²) in [5, 5.41) is 10.2. The van der Waals surface area contributed by atoms with Crippen molar-refractivity contribution in [1.82, 2.24) is 0 Å². The van der Waals surface area contributed by atoms with Gasteiger partial charge in [0.05, 0.1) is 26.2 Å². The second-order valence-corrected chi connectivity index (χ2v) is 6.73. The Morgan fingerprint density at radius 2 is 1.62 bits per heavy atom. The summed E-state index contributed by atoms with van der Waals surface area (Å²) in [7, 11) is 2.70. The van der Waals surface area contributed by atoms with Crippen LogP contribution in [-0.4, -0.2) is 44.3 Å². The molecule has 2 aromatic rings. The van der Waals surface area contributed by atoms with E-state index in [1.807, 2.05) is 6.92 Å². The molecule has 7 nitrogen and oxygen atoms in total. The number of carbonyl (C=O) groups excluding carboxylic acids is 2. The Balaban J connectivity index is 2.78. The minimum absolute atomic E-state index is 0.137. The molecule has 1 N–H and O–H groups in total. The molecular formula is C25H28O7. The zero-order valence-corrected chi connectivity index (χ0v) is 18.6. The third-order valence-corrected chi connectivity index (χ3v) is 4.76. The van der Waals surface area contributed by atoms with Crippen LogP contribution in [0.15, 0.2) is 49.6 Å². The lowest BCUT2D eigenvalue weighted by Gasteiger charge is -2.21. The molecule has 0 atom stereocenters. The van der Waals surface area contributed by atoms with Crippen LogP contribution < -0.4 is 14.2 Å². The molecule has 0 aliphatic heterocycles. The van der Waals surface area contributed by atoms with Crippen LogP contribution in [0.25, 0.3) is 0 Å².